The molecule has 0 aliphatic rings. The van der Waals surface area contributed by atoms with Crippen LogP contribution < -0.4 is 11.1 Å². The molecule has 0 heterocycles. The Balaban J connectivity index is 2.07. The van der Waals surface area contributed by atoms with E-state index in [1.165, 1.54) is 12.1 Å². The van der Waals surface area contributed by atoms with Gasteiger partial charge in [0.15, 0.2) is 0 Å². The lowest BCUT2D eigenvalue weighted by Crippen LogP contribution is -2.15. The number of halogens is 1. The molecule has 2 aromatic rings. The van der Waals surface area contributed by atoms with Crippen molar-refractivity contribution in [2.75, 3.05) is 11.1 Å². The Morgan fingerprint density at radius 3 is 2.79 bits per heavy atom. The number of carbonyl (C=O) groups is 1. The van der Waals surface area contributed by atoms with Crippen LogP contribution in [0.15, 0.2) is 42.5 Å². The minimum Gasteiger partial charge on any atom is -0.508 e. The second-order valence-electron chi connectivity index (χ2n) is 4.12. The number of phenolic OH excluding ortho intramolecular Hbond substituents is 1. The van der Waals surface area contributed by atoms with E-state index in [-0.39, 0.29) is 18.1 Å². The predicted molar refractivity (Wildman–Crippen MR) is 76.3 cm³/mol. The van der Waals surface area contributed by atoms with Gasteiger partial charge in [0.2, 0.25) is 5.91 Å². The molecule has 0 atom stereocenters. The molecule has 0 fully saturated rings. The first-order valence-corrected chi connectivity index (χ1v) is 6.05. The number of nitrogen functional groups attached to an aromatic ring is 1. The third-order valence-electron chi connectivity index (χ3n) is 2.59. The Labute approximate surface area is 115 Å². The van der Waals surface area contributed by atoms with Crippen LogP contribution in [0, 0.1) is 0 Å². The largest absolute Gasteiger partial charge is 0.508 e. The van der Waals surface area contributed by atoms with E-state index < -0.39 is 0 Å². The van der Waals surface area contributed by atoms with E-state index in [0.29, 0.717) is 22.0 Å². The quantitative estimate of drug-likeness (QED) is 0.596. The maximum atomic E-state index is 11.9. The van der Waals surface area contributed by atoms with E-state index in [1.54, 1.807) is 30.3 Å². The first-order chi connectivity index (χ1) is 9.04. The topological polar surface area (TPSA) is 75.3 Å². The van der Waals surface area contributed by atoms with Crippen LogP contribution >= 0.6 is 11.6 Å². The van der Waals surface area contributed by atoms with Crippen LogP contribution in [0.2, 0.25) is 5.02 Å². The molecule has 2 aromatic carbocycles. The van der Waals surface area contributed by atoms with Gasteiger partial charge in [-0.3, -0.25) is 4.79 Å². The summed E-state index contributed by atoms with van der Waals surface area (Å²) in [5, 5.41) is 12.6. The van der Waals surface area contributed by atoms with Gasteiger partial charge in [0.25, 0.3) is 0 Å². The van der Waals surface area contributed by atoms with Gasteiger partial charge in [-0.05, 0) is 42.0 Å². The second-order valence-corrected chi connectivity index (χ2v) is 4.55. The third kappa shape index (κ3) is 3.63. The van der Waals surface area contributed by atoms with Gasteiger partial charge in [-0.15, -0.1) is 0 Å². The number of aromatic hydroxyl groups is 1. The monoisotopic (exact) mass is 276 g/mol. The van der Waals surface area contributed by atoms with Crippen molar-refractivity contribution < 1.29 is 9.90 Å². The number of phenols is 1. The number of benzene rings is 2. The van der Waals surface area contributed by atoms with Gasteiger partial charge in [0.1, 0.15) is 5.75 Å². The molecule has 4 N–H and O–H groups in total. The van der Waals surface area contributed by atoms with Crippen molar-refractivity contribution >= 4 is 28.9 Å². The fourth-order valence-corrected chi connectivity index (χ4v) is 1.88. The Bertz CT molecular complexity index is 614. The highest BCUT2D eigenvalue weighted by atomic mass is 35.5. The zero-order valence-electron chi connectivity index (χ0n) is 10.1. The number of nitrogens with one attached hydrogen (secondary N) is 1. The van der Waals surface area contributed by atoms with Crippen molar-refractivity contribution in [2.45, 2.75) is 6.42 Å². The minimum absolute atomic E-state index is 0.0831. The number of nitrogens with two attached hydrogens (primary N) is 1. The summed E-state index contributed by atoms with van der Waals surface area (Å²) in [5.74, 6) is -0.140. The smallest absolute Gasteiger partial charge is 0.228 e. The van der Waals surface area contributed by atoms with Crippen LogP contribution in [0.3, 0.4) is 0 Å². The SMILES string of the molecule is Nc1ccc(O)cc1CC(=O)Nc1cccc(Cl)c1. The van der Waals surface area contributed by atoms with Gasteiger partial charge < -0.3 is 16.2 Å². The molecule has 0 aliphatic carbocycles. The van der Waals surface area contributed by atoms with E-state index in [2.05, 4.69) is 5.32 Å². The van der Waals surface area contributed by atoms with E-state index in [4.69, 9.17) is 17.3 Å². The van der Waals surface area contributed by atoms with Crippen LogP contribution in [-0.4, -0.2) is 11.0 Å². The number of hydrogen-bond acceptors (Lipinski definition) is 3. The van der Waals surface area contributed by atoms with Gasteiger partial charge in [-0.2, -0.15) is 0 Å². The van der Waals surface area contributed by atoms with Crippen molar-refractivity contribution in [3.8, 4) is 5.75 Å². The summed E-state index contributed by atoms with van der Waals surface area (Å²) in [5.41, 5.74) is 7.42. The first kappa shape index (κ1) is 13.2. The summed E-state index contributed by atoms with van der Waals surface area (Å²) < 4.78 is 0. The van der Waals surface area contributed by atoms with Gasteiger partial charge >= 0.3 is 0 Å². The summed E-state index contributed by atoms with van der Waals surface area (Å²) in [4.78, 5) is 11.9. The fourth-order valence-electron chi connectivity index (χ4n) is 1.69. The van der Waals surface area contributed by atoms with Crippen molar-refractivity contribution in [1.82, 2.24) is 0 Å². The van der Waals surface area contributed by atoms with Gasteiger partial charge in [-0.1, -0.05) is 17.7 Å². The summed E-state index contributed by atoms with van der Waals surface area (Å²) in [7, 11) is 0. The van der Waals surface area contributed by atoms with Crippen LogP contribution in [0.25, 0.3) is 0 Å². The van der Waals surface area contributed by atoms with Crippen molar-refractivity contribution in [3.63, 3.8) is 0 Å². The molecule has 0 unspecified atom stereocenters. The highest BCUT2D eigenvalue weighted by molar-refractivity contribution is 6.30. The molecular formula is C14H13ClN2O2. The number of amides is 1. The Hall–Kier alpha value is -2.20. The van der Waals surface area contributed by atoms with Crippen molar-refractivity contribution in [3.05, 3.63) is 53.1 Å². The van der Waals surface area contributed by atoms with E-state index in [9.17, 15) is 9.90 Å². The lowest BCUT2D eigenvalue weighted by molar-refractivity contribution is -0.115. The van der Waals surface area contributed by atoms with Crippen molar-refractivity contribution in [2.24, 2.45) is 0 Å². The lowest BCUT2D eigenvalue weighted by Gasteiger charge is -2.08. The molecule has 0 spiro atoms. The molecule has 98 valence electrons. The summed E-state index contributed by atoms with van der Waals surface area (Å²) in [6, 6.07) is 11.4. The average Bonchev–Trinajstić information content (AvgIpc) is 2.34. The van der Waals surface area contributed by atoms with Crippen LogP contribution in [0.5, 0.6) is 5.75 Å². The van der Waals surface area contributed by atoms with E-state index in [1.807, 2.05) is 0 Å². The van der Waals surface area contributed by atoms with Gasteiger partial charge in [-0.25, -0.2) is 0 Å². The zero-order valence-corrected chi connectivity index (χ0v) is 10.8. The van der Waals surface area contributed by atoms with Gasteiger partial charge in [0.05, 0.1) is 6.42 Å². The average molecular weight is 277 g/mol. The maximum absolute atomic E-state index is 11.9. The molecule has 0 saturated carbocycles. The molecule has 0 bridgehead atoms. The highest BCUT2D eigenvalue weighted by Crippen LogP contribution is 2.20. The molecule has 0 aromatic heterocycles. The molecule has 0 aliphatic heterocycles. The Kier molecular flexibility index (Phi) is 3.92. The molecule has 0 saturated heterocycles. The molecular weight excluding hydrogens is 264 g/mol. The Morgan fingerprint density at radius 1 is 1.26 bits per heavy atom. The number of hydrogen-bond donors (Lipinski definition) is 3. The molecule has 0 radical (unpaired) electrons. The fraction of sp³-hybridized carbons (Fsp3) is 0.0714. The summed E-state index contributed by atoms with van der Waals surface area (Å²) in [6.07, 6.45) is 0.0900. The minimum atomic E-state index is -0.223. The normalized spacial score (nSPS) is 10.2. The molecule has 5 heteroatoms. The number of rotatable bonds is 3. The number of anilines is 2. The van der Waals surface area contributed by atoms with E-state index >= 15 is 0 Å². The van der Waals surface area contributed by atoms with Crippen molar-refractivity contribution in [1.29, 1.82) is 0 Å². The van der Waals surface area contributed by atoms with Crippen LogP contribution in [-0.2, 0) is 11.2 Å². The second kappa shape index (κ2) is 5.63. The standard InChI is InChI=1S/C14H13ClN2O2/c15-10-2-1-3-11(8-10)17-14(19)7-9-6-12(18)4-5-13(9)16/h1-6,8,18H,7,16H2,(H,17,19). The number of carbonyl (C=O) groups excluding carboxylic acids is 1. The van der Waals surface area contributed by atoms with E-state index in [0.717, 1.165) is 0 Å². The van der Waals surface area contributed by atoms with Gasteiger partial charge in [0, 0.05) is 16.4 Å². The third-order valence-corrected chi connectivity index (χ3v) is 2.82. The lowest BCUT2D eigenvalue weighted by atomic mass is 10.1. The molecule has 2 rings (SSSR count). The molecule has 4 nitrogen and oxygen atoms in total. The predicted octanol–water partition coefficient (Wildman–Crippen LogP) is 2.81. The Morgan fingerprint density at radius 2 is 2.05 bits per heavy atom. The molecule has 1 amide bonds. The zero-order chi connectivity index (χ0) is 13.8. The first-order valence-electron chi connectivity index (χ1n) is 5.67. The molecule has 19 heavy (non-hydrogen) atoms. The highest BCUT2D eigenvalue weighted by Gasteiger charge is 2.08. The summed E-state index contributed by atoms with van der Waals surface area (Å²) >= 11 is 5.83. The summed E-state index contributed by atoms with van der Waals surface area (Å²) in [6.45, 7) is 0. The van der Waals surface area contributed by atoms with Crippen LogP contribution in [0.1, 0.15) is 5.56 Å². The maximum Gasteiger partial charge on any atom is 0.228 e. The van der Waals surface area contributed by atoms with Crippen LogP contribution in [0.4, 0.5) is 11.4 Å².